The second kappa shape index (κ2) is 3.82. The zero-order chi connectivity index (χ0) is 11.9. The number of phenols is 1. The molecule has 0 spiro atoms. The van der Waals surface area contributed by atoms with E-state index in [9.17, 15) is 5.11 Å². The van der Waals surface area contributed by atoms with E-state index in [4.69, 9.17) is 0 Å². The number of aryl methyl sites for hydroxylation is 2. The topological polar surface area (TPSA) is 20.2 Å². The van der Waals surface area contributed by atoms with Crippen molar-refractivity contribution in [2.75, 3.05) is 0 Å². The minimum atomic E-state index is 0.403. The summed E-state index contributed by atoms with van der Waals surface area (Å²) in [6.45, 7) is 8.39. The summed E-state index contributed by atoms with van der Waals surface area (Å²) in [5, 5.41) is 12.3. The first-order valence-electron chi connectivity index (χ1n) is 5.73. The summed E-state index contributed by atoms with van der Waals surface area (Å²) in [6.07, 6.45) is 0. The Morgan fingerprint density at radius 1 is 1.00 bits per heavy atom. The molecule has 0 unspecified atom stereocenters. The molecule has 0 amide bonds. The minimum absolute atomic E-state index is 0.403. The van der Waals surface area contributed by atoms with Crippen molar-refractivity contribution in [3.63, 3.8) is 0 Å². The predicted octanol–water partition coefficient (Wildman–Crippen LogP) is 4.29. The maximum atomic E-state index is 9.92. The van der Waals surface area contributed by atoms with Crippen molar-refractivity contribution in [1.82, 2.24) is 0 Å². The maximum absolute atomic E-state index is 9.92. The van der Waals surface area contributed by atoms with Gasteiger partial charge in [0.05, 0.1) is 0 Å². The van der Waals surface area contributed by atoms with Gasteiger partial charge in [0.15, 0.2) is 0 Å². The van der Waals surface area contributed by atoms with Crippen molar-refractivity contribution in [2.24, 2.45) is 0 Å². The summed E-state index contributed by atoms with van der Waals surface area (Å²) in [5.41, 5.74) is 3.46. The summed E-state index contributed by atoms with van der Waals surface area (Å²) in [7, 11) is 0. The molecular formula is C15H18O. The molecule has 0 atom stereocenters. The molecule has 84 valence electrons. The lowest BCUT2D eigenvalue weighted by molar-refractivity contribution is 0.471. The van der Waals surface area contributed by atoms with Crippen LogP contribution in [0.5, 0.6) is 5.75 Å². The van der Waals surface area contributed by atoms with Crippen LogP contribution in [0.1, 0.15) is 36.5 Å². The third kappa shape index (κ3) is 1.67. The summed E-state index contributed by atoms with van der Waals surface area (Å²) >= 11 is 0. The van der Waals surface area contributed by atoms with E-state index in [1.807, 2.05) is 13.0 Å². The molecule has 0 aliphatic heterocycles. The highest BCUT2D eigenvalue weighted by molar-refractivity contribution is 5.91. The van der Waals surface area contributed by atoms with Crippen molar-refractivity contribution in [1.29, 1.82) is 0 Å². The van der Waals surface area contributed by atoms with Crippen LogP contribution < -0.4 is 0 Å². The standard InChI is InChI=1S/C15H18O/c1-9(2)13-8-15(16)11(4)12-6-5-10(3)7-14(12)13/h5-9,16H,1-4H3. The van der Waals surface area contributed by atoms with E-state index in [0.717, 1.165) is 10.9 Å². The fourth-order valence-corrected chi connectivity index (χ4v) is 2.17. The van der Waals surface area contributed by atoms with Gasteiger partial charge in [0.2, 0.25) is 0 Å². The Hall–Kier alpha value is -1.50. The van der Waals surface area contributed by atoms with E-state index in [-0.39, 0.29) is 0 Å². The zero-order valence-corrected chi connectivity index (χ0v) is 10.3. The van der Waals surface area contributed by atoms with Crippen LogP contribution in [-0.2, 0) is 0 Å². The van der Waals surface area contributed by atoms with Gasteiger partial charge in [-0.15, -0.1) is 0 Å². The molecule has 1 nitrogen and oxygen atoms in total. The van der Waals surface area contributed by atoms with Crippen molar-refractivity contribution >= 4 is 10.8 Å². The summed E-state index contributed by atoms with van der Waals surface area (Å²) in [6, 6.07) is 8.31. The van der Waals surface area contributed by atoms with Crippen molar-refractivity contribution < 1.29 is 5.11 Å². The molecule has 1 heteroatoms. The molecule has 0 aromatic heterocycles. The molecule has 0 bridgehead atoms. The van der Waals surface area contributed by atoms with Crippen molar-refractivity contribution in [3.05, 3.63) is 41.0 Å². The molecular weight excluding hydrogens is 196 g/mol. The van der Waals surface area contributed by atoms with E-state index < -0.39 is 0 Å². The normalized spacial score (nSPS) is 11.3. The SMILES string of the molecule is Cc1ccc2c(C)c(O)cc(C(C)C)c2c1. The van der Waals surface area contributed by atoms with Gasteiger partial charge in [0, 0.05) is 0 Å². The highest BCUT2D eigenvalue weighted by Gasteiger charge is 2.10. The van der Waals surface area contributed by atoms with Gasteiger partial charge in [-0.05, 0) is 47.7 Å². The average Bonchev–Trinajstić information content (AvgIpc) is 2.22. The monoisotopic (exact) mass is 214 g/mol. The summed E-state index contributed by atoms with van der Waals surface area (Å²) < 4.78 is 0. The lowest BCUT2D eigenvalue weighted by atomic mass is 9.92. The number of hydrogen-bond donors (Lipinski definition) is 1. The number of fused-ring (bicyclic) bond motifs is 1. The van der Waals surface area contributed by atoms with E-state index in [2.05, 4.69) is 39.0 Å². The van der Waals surface area contributed by atoms with Gasteiger partial charge < -0.3 is 5.11 Å². The molecule has 2 aromatic rings. The molecule has 0 aliphatic rings. The Bertz CT molecular complexity index is 539. The van der Waals surface area contributed by atoms with Crippen LogP contribution in [-0.4, -0.2) is 5.11 Å². The van der Waals surface area contributed by atoms with Gasteiger partial charge in [-0.1, -0.05) is 37.6 Å². The van der Waals surface area contributed by atoms with Crippen LogP contribution in [0.3, 0.4) is 0 Å². The molecule has 1 N–H and O–H groups in total. The van der Waals surface area contributed by atoms with Gasteiger partial charge in [0.25, 0.3) is 0 Å². The van der Waals surface area contributed by atoms with Crippen LogP contribution in [0.25, 0.3) is 10.8 Å². The van der Waals surface area contributed by atoms with Crippen LogP contribution in [0.15, 0.2) is 24.3 Å². The summed E-state index contributed by atoms with van der Waals surface area (Å²) in [5.74, 6) is 0.829. The maximum Gasteiger partial charge on any atom is 0.119 e. The molecule has 2 aromatic carbocycles. The lowest BCUT2D eigenvalue weighted by Crippen LogP contribution is -1.92. The molecule has 0 aliphatic carbocycles. The van der Waals surface area contributed by atoms with Crippen LogP contribution in [0.4, 0.5) is 0 Å². The fraction of sp³-hybridized carbons (Fsp3) is 0.333. The lowest BCUT2D eigenvalue weighted by Gasteiger charge is -2.14. The predicted molar refractivity (Wildman–Crippen MR) is 69.2 cm³/mol. The molecule has 16 heavy (non-hydrogen) atoms. The van der Waals surface area contributed by atoms with E-state index in [0.29, 0.717) is 11.7 Å². The number of phenolic OH excluding ortho intramolecular Hbond substituents is 1. The third-order valence-corrected chi connectivity index (χ3v) is 3.19. The number of aromatic hydroxyl groups is 1. The van der Waals surface area contributed by atoms with Gasteiger partial charge in [-0.2, -0.15) is 0 Å². The van der Waals surface area contributed by atoms with Crippen molar-refractivity contribution in [3.8, 4) is 5.75 Å². The first-order valence-corrected chi connectivity index (χ1v) is 5.73. The molecule has 0 saturated heterocycles. The molecule has 2 rings (SSSR count). The Morgan fingerprint density at radius 3 is 2.31 bits per heavy atom. The van der Waals surface area contributed by atoms with E-state index in [1.54, 1.807) is 0 Å². The Morgan fingerprint density at radius 2 is 1.69 bits per heavy atom. The van der Waals surface area contributed by atoms with Gasteiger partial charge in [-0.25, -0.2) is 0 Å². The number of hydrogen-bond acceptors (Lipinski definition) is 1. The zero-order valence-electron chi connectivity index (χ0n) is 10.3. The fourth-order valence-electron chi connectivity index (χ4n) is 2.17. The van der Waals surface area contributed by atoms with Crippen LogP contribution >= 0.6 is 0 Å². The quantitative estimate of drug-likeness (QED) is 0.751. The average molecular weight is 214 g/mol. The van der Waals surface area contributed by atoms with Gasteiger partial charge in [0.1, 0.15) is 5.75 Å². The van der Waals surface area contributed by atoms with E-state index >= 15 is 0 Å². The Labute approximate surface area is 96.7 Å². The largest absolute Gasteiger partial charge is 0.508 e. The third-order valence-electron chi connectivity index (χ3n) is 3.19. The Kier molecular flexibility index (Phi) is 2.63. The molecule has 0 heterocycles. The van der Waals surface area contributed by atoms with Crippen LogP contribution in [0.2, 0.25) is 0 Å². The number of rotatable bonds is 1. The smallest absolute Gasteiger partial charge is 0.119 e. The first kappa shape index (κ1) is 11.0. The molecule has 0 fully saturated rings. The van der Waals surface area contributed by atoms with Gasteiger partial charge in [-0.3, -0.25) is 0 Å². The Balaban J connectivity index is 2.90. The van der Waals surface area contributed by atoms with Crippen molar-refractivity contribution in [2.45, 2.75) is 33.6 Å². The highest BCUT2D eigenvalue weighted by atomic mass is 16.3. The van der Waals surface area contributed by atoms with Gasteiger partial charge >= 0.3 is 0 Å². The van der Waals surface area contributed by atoms with E-state index in [1.165, 1.54) is 16.5 Å². The minimum Gasteiger partial charge on any atom is -0.508 e. The molecule has 0 radical (unpaired) electrons. The first-order chi connectivity index (χ1) is 7.50. The second-order valence-electron chi connectivity index (χ2n) is 4.81. The molecule has 0 saturated carbocycles. The summed E-state index contributed by atoms with van der Waals surface area (Å²) in [4.78, 5) is 0. The highest BCUT2D eigenvalue weighted by Crippen LogP contribution is 2.34. The number of benzene rings is 2. The second-order valence-corrected chi connectivity index (χ2v) is 4.81. The van der Waals surface area contributed by atoms with Crippen LogP contribution in [0, 0.1) is 13.8 Å².